The van der Waals surface area contributed by atoms with Crippen LogP contribution >= 0.6 is 0 Å². The van der Waals surface area contributed by atoms with Gasteiger partial charge in [-0.05, 0) is 12.5 Å². The fourth-order valence-corrected chi connectivity index (χ4v) is 0.710. The predicted octanol–water partition coefficient (Wildman–Crippen LogP) is -1.20. The highest BCUT2D eigenvalue weighted by Gasteiger charge is 1.83. The summed E-state index contributed by atoms with van der Waals surface area (Å²) in [6, 6.07) is 0. The summed E-state index contributed by atoms with van der Waals surface area (Å²) >= 11 is -2.23. The van der Waals surface area contributed by atoms with Crippen molar-refractivity contribution in [3.05, 3.63) is 12.2 Å². The zero-order chi connectivity index (χ0) is 8.69. The predicted molar refractivity (Wildman–Crippen MR) is 39.9 cm³/mol. The van der Waals surface area contributed by atoms with Gasteiger partial charge in [0.25, 0.3) is 0 Å². The minimum absolute atomic E-state index is 0.278. The molecule has 0 saturated carbocycles. The first-order valence-corrected chi connectivity index (χ1v) is 3.99. The lowest BCUT2D eigenvalue weighted by molar-refractivity contribution is -0.113. The van der Waals surface area contributed by atoms with Crippen molar-refractivity contribution in [2.45, 2.75) is 6.42 Å². The first-order chi connectivity index (χ1) is 5.13. The molecule has 0 aliphatic rings. The van der Waals surface area contributed by atoms with E-state index in [9.17, 15) is 13.6 Å². The average molecular weight is 177 g/mol. The third kappa shape index (κ3) is 9.28. The summed E-state index contributed by atoms with van der Waals surface area (Å²) in [7, 11) is 0. The maximum atomic E-state index is 10.1. The smallest absolute Gasteiger partial charge is 0.241 e. The lowest BCUT2D eigenvalue weighted by Gasteiger charge is -2.03. The van der Waals surface area contributed by atoms with Crippen LogP contribution in [0.2, 0.25) is 0 Å². The van der Waals surface area contributed by atoms with Gasteiger partial charge in [-0.25, -0.2) is 4.72 Å². The van der Waals surface area contributed by atoms with E-state index in [4.69, 9.17) is 5.73 Å². The molecule has 0 heterocycles. The van der Waals surface area contributed by atoms with Crippen LogP contribution in [0.4, 0.5) is 0 Å². The van der Waals surface area contributed by atoms with Gasteiger partial charge in [-0.3, -0.25) is 9.00 Å². The third-order valence-corrected chi connectivity index (χ3v) is 1.25. The second-order valence-corrected chi connectivity index (χ2v) is 2.48. The first-order valence-electron chi connectivity index (χ1n) is 2.91. The summed E-state index contributed by atoms with van der Waals surface area (Å²) in [5.41, 5.74) is 4.77. The molecule has 0 aliphatic carbocycles. The maximum absolute atomic E-state index is 10.1. The molecule has 1 amide bonds. The Labute approximate surface area is 67.1 Å². The number of rotatable bonds is 5. The number of hydrogen-bond donors (Lipinski definition) is 2. The van der Waals surface area contributed by atoms with Crippen molar-refractivity contribution in [2.24, 2.45) is 5.73 Å². The van der Waals surface area contributed by atoms with Gasteiger partial charge in [-0.2, -0.15) is 0 Å². The molecule has 1 atom stereocenters. The number of carbonyl (C=O) groups is 1. The van der Waals surface area contributed by atoms with Crippen molar-refractivity contribution >= 4 is 17.2 Å². The Balaban J connectivity index is 3.27. The van der Waals surface area contributed by atoms with Gasteiger partial charge in [0.05, 0.1) is 0 Å². The molecular formula is C5H9N2O3S-. The number of primary amides is 1. The summed E-state index contributed by atoms with van der Waals surface area (Å²) < 4.78 is 21.9. The highest BCUT2D eigenvalue weighted by atomic mass is 32.2. The highest BCUT2D eigenvalue weighted by Crippen LogP contribution is 1.79. The van der Waals surface area contributed by atoms with E-state index in [1.54, 1.807) is 0 Å². The fourth-order valence-electron chi connectivity index (χ4n) is 0.425. The van der Waals surface area contributed by atoms with Gasteiger partial charge in [0, 0.05) is 17.8 Å². The number of hydrogen-bond acceptors (Lipinski definition) is 3. The van der Waals surface area contributed by atoms with E-state index in [0.29, 0.717) is 6.42 Å². The molecule has 64 valence electrons. The molecule has 0 aliphatic heterocycles. The quantitative estimate of drug-likeness (QED) is 0.314. The molecule has 0 aromatic carbocycles. The number of nitrogens with one attached hydrogen (secondary N) is 1. The third-order valence-electron chi connectivity index (χ3n) is 0.813. The lowest BCUT2D eigenvalue weighted by atomic mass is 10.4. The lowest BCUT2D eigenvalue weighted by Crippen LogP contribution is -2.17. The van der Waals surface area contributed by atoms with Crippen LogP contribution in [0.5, 0.6) is 0 Å². The van der Waals surface area contributed by atoms with Gasteiger partial charge >= 0.3 is 0 Å². The van der Waals surface area contributed by atoms with Crippen LogP contribution < -0.4 is 10.5 Å². The van der Waals surface area contributed by atoms with Crippen LogP contribution in [0.25, 0.3) is 0 Å². The zero-order valence-electron chi connectivity index (χ0n) is 5.78. The van der Waals surface area contributed by atoms with Crippen LogP contribution in [-0.4, -0.2) is 21.2 Å². The average Bonchev–Trinajstić information content (AvgIpc) is 1.85. The topological polar surface area (TPSA) is 95.2 Å². The van der Waals surface area contributed by atoms with E-state index >= 15 is 0 Å². The van der Waals surface area contributed by atoms with Crippen molar-refractivity contribution in [2.75, 3.05) is 6.54 Å². The van der Waals surface area contributed by atoms with E-state index in [0.717, 1.165) is 0 Å². The molecule has 0 aromatic heterocycles. The molecule has 11 heavy (non-hydrogen) atoms. The normalized spacial score (nSPS) is 13.5. The highest BCUT2D eigenvalue weighted by molar-refractivity contribution is 7.77. The van der Waals surface area contributed by atoms with Gasteiger partial charge < -0.3 is 10.3 Å². The SMILES string of the molecule is NC(=O)C=CCCNS(=O)[O-]. The van der Waals surface area contributed by atoms with E-state index in [2.05, 4.69) is 4.72 Å². The first kappa shape index (κ1) is 10.3. The molecule has 3 N–H and O–H groups in total. The summed E-state index contributed by atoms with van der Waals surface area (Å²) in [5, 5.41) is 0. The van der Waals surface area contributed by atoms with Crippen molar-refractivity contribution < 1.29 is 13.6 Å². The Morgan fingerprint density at radius 1 is 1.73 bits per heavy atom. The van der Waals surface area contributed by atoms with Crippen LogP contribution in [-0.2, 0) is 16.1 Å². The van der Waals surface area contributed by atoms with E-state index in [-0.39, 0.29) is 6.54 Å². The second-order valence-electron chi connectivity index (χ2n) is 1.72. The Morgan fingerprint density at radius 2 is 2.36 bits per heavy atom. The van der Waals surface area contributed by atoms with Crippen molar-refractivity contribution in [3.8, 4) is 0 Å². The second kappa shape index (κ2) is 6.02. The van der Waals surface area contributed by atoms with E-state index in [1.807, 2.05) is 0 Å². The number of nitrogens with two attached hydrogens (primary N) is 1. The Hall–Kier alpha value is -0.720. The number of amides is 1. The molecule has 5 nitrogen and oxygen atoms in total. The summed E-state index contributed by atoms with van der Waals surface area (Å²) in [6.07, 6.45) is 3.15. The maximum Gasteiger partial charge on any atom is 0.241 e. The summed E-state index contributed by atoms with van der Waals surface area (Å²) in [5.74, 6) is -0.534. The largest absolute Gasteiger partial charge is 0.760 e. The summed E-state index contributed by atoms with van der Waals surface area (Å²) in [6.45, 7) is 0.278. The molecule has 0 fully saturated rings. The van der Waals surface area contributed by atoms with Gasteiger partial charge in [0.1, 0.15) is 0 Å². The molecule has 0 saturated heterocycles. The van der Waals surface area contributed by atoms with Crippen LogP contribution in [0.1, 0.15) is 6.42 Å². The molecular weight excluding hydrogens is 168 g/mol. The van der Waals surface area contributed by atoms with Crippen LogP contribution in [0.15, 0.2) is 12.2 Å². The van der Waals surface area contributed by atoms with Gasteiger partial charge in [0.15, 0.2) is 0 Å². The van der Waals surface area contributed by atoms with Gasteiger partial charge in [-0.1, -0.05) is 6.08 Å². The van der Waals surface area contributed by atoms with Crippen LogP contribution in [0, 0.1) is 0 Å². The molecule has 0 rings (SSSR count). The molecule has 1 unspecified atom stereocenters. The molecule has 0 radical (unpaired) electrons. The standard InChI is InChI=1S/C5H10N2O3S/c6-5(8)3-1-2-4-7-11(9)10/h1,3,7H,2,4H2,(H2,6,8)(H,9,10)/p-1. The minimum atomic E-state index is -2.23. The number of carbonyl (C=O) groups excluding carboxylic acids is 1. The molecule has 0 spiro atoms. The van der Waals surface area contributed by atoms with Gasteiger partial charge in [0.2, 0.25) is 5.91 Å². The van der Waals surface area contributed by atoms with Crippen molar-refractivity contribution in [1.29, 1.82) is 0 Å². The molecule has 0 bridgehead atoms. The van der Waals surface area contributed by atoms with E-state index in [1.165, 1.54) is 12.2 Å². The zero-order valence-corrected chi connectivity index (χ0v) is 6.60. The molecule has 0 aromatic rings. The molecule has 6 heteroatoms. The minimum Gasteiger partial charge on any atom is -0.760 e. The fraction of sp³-hybridized carbons (Fsp3) is 0.400. The van der Waals surface area contributed by atoms with Crippen LogP contribution in [0.3, 0.4) is 0 Å². The van der Waals surface area contributed by atoms with Crippen molar-refractivity contribution in [3.63, 3.8) is 0 Å². The Kier molecular flexibility index (Phi) is 5.63. The Morgan fingerprint density at radius 3 is 2.82 bits per heavy atom. The summed E-state index contributed by atoms with van der Waals surface area (Å²) in [4.78, 5) is 10.1. The van der Waals surface area contributed by atoms with Gasteiger partial charge in [-0.15, -0.1) is 0 Å². The monoisotopic (exact) mass is 177 g/mol. The van der Waals surface area contributed by atoms with E-state index < -0.39 is 17.2 Å². The van der Waals surface area contributed by atoms with Crippen molar-refractivity contribution in [1.82, 2.24) is 4.72 Å². The Bertz CT molecular complexity index is 181.